The highest BCUT2D eigenvalue weighted by Crippen LogP contribution is 2.23. The van der Waals surface area contributed by atoms with Gasteiger partial charge in [0.2, 0.25) is 0 Å². The van der Waals surface area contributed by atoms with E-state index in [1.165, 1.54) is 18.2 Å². The largest absolute Gasteiger partial charge is 0.478 e. The van der Waals surface area contributed by atoms with Gasteiger partial charge in [-0.3, -0.25) is 5.32 Å². The molecule has 1 amide bonds. The van der Waals surface area contributed by atoms with Crippen LogP contribution in [-0.4, -0.2) is 23.8 Å². The first-order valence-corrected chi connectivity index (χ1v) is 4.89. The maximum atomic E-state index is 11.1. The molecule has 1 aromatic rings. The number of carbonyl (C=O) groups excluding carboxylic acids is 1. The van der Waals surface area contributed by atoms with Crippen molar-refractivity contribution in [3.8, 4) is 0 Å². The average molecular weight is 244 g/mol. The van der Waals surface area contributed by atoms with Gasteiger partial charge in [0, 0.05) is 0 Å². The summed E-state index contributed by atoms with van der Waals surface area (Å²) in [6.07, 6.45) is -0.674. The maximum Gasteiger partial charge on any atom is 0.411 e. The molecule has 1 rings (SSSR count). The second-order valence-electron chi connectivity index (χ2n) is 2.85. The fraction of sp³-hybridized carbons (Fsp3) is 0.200. The summed E-state index contributed by atoms with van der Waals surface area (Å²) in [6, 6.07) is 4.01. The predicted octanol–water partition coefficient (Wildman–Crippen LogP) is 2.61. The zero-order chi connectivity index (χ0) is 12.1. The van der Waals surface area contributed by atoms with Crippen molar-refractivity contribution in [2.45, 2.75) is 6.92 Å². The summed E-state index contributed by atoms with van der Waals surface area (Å²) in [5, 5.41) is 11.3. The zero-order valence-corrected chi connectivity index (χ0v) is 9.25. The summed E-state index contributed by atoms with van der Waals surface area (Å²) in [6.45, 7) is 1.89. The lowest BCUT2D eigenvalue weighted by atomic mass is 10.2. The second kappa shape index (κ2) is 5.37. The molecule has 2 N–H and O–H groups in total. The Labute approximate surface area is 97.0 Å². The van der Waals surface area contributed by atoms with Crippen LogP contribution in [0.25, 0.3) is 0 Å². The van der Waals surface area contributed by atoms with Crippen molar-refractivity contribution in [1.82, 2.24) is 0 Å². The highest BCUT2D eigenvalue weighted by atomic mass is 35.5. The number of anilines is 1. The van der Waals surface area contributed by atoms with Crippen molar-refractivity contribution in [2.24, 2.45) is 0 Å². The van der Waals surface area contributed by atoms with E-state index in [0.29, 0.717) is 0 Å². The molecule has 0 aromatic heterocycles. The lowest BCUT2D eigenvalue weighted by Crippen LogP contribution is -2.14. The SMILES string of the molecule is CCOC(=O)Nc1cc(C(=O)O)ccc1Cl. The average Bonchev–Trinajstić information content (AvgIpc) is 2.21. The number of halogens is 1. The van der Waals surface area contributed by atoms with Gasteiger partial charge in [0.05, 0.1) is 22.9 Å². The van der Waals surface area contributed by atoms with Crippen molar-refractivity contribution < 1.29 is 19.4 Å². The van der Waals surface area contributed by atoms with Gasteiger partial charge in [-0.1, -0.05) is 11.6 Å². The number of carbonyl (C=O) groups is 2. The van der Waals surface area contributed by atoms with E-state index in [-0.39, 0.29) is 22.9 Å². The monoisotopic (exact) mass is 243 g/mol. The number of carboxylic acids is 1. The summed E-state index contributed by atoms with van der Waals surface area (Å²) in [5.74, 6) is -1.09. The molecule has 0 bridgehead atoms. The normalized spacial score (nSPS) is 9.62. The molecule has 0 fully saturated rings. The summed E-state index contributed by atoms with van der Waals surface area (Å²) in [7, 11) is 0. The lowest BCUT2D eigenvalue weighted by molar-refractivity contribution is 0.0697. The molecule has 0 saturated carbocycles. The first-order chi connectivity index (χ1) is 7.54. The van der Waals surface area contributed by atoms with Gasteiger partial charge in [-0.05, 0) is 25.1 Å². The Hall–Kier alpha value is -1.75. The highest BCUT2D eigenvalue weighted by Gasteiger charge is 2.10. The molecule has 1 aromatic carbocycles. The van der Waals surface area contributed by atoms with Gasteiger partial charge in [0.1, 0.15) is 0 Å². The number of benzene rings is 1. The van der Waals surface area contributed by atoms with Crippen molar-refractivity contribution in [3.05, 3.63) is 28.8 Å². The van der Waals surface area contributed by atoms with Gasteiger partial charge in [0.15, 0.2) is 0 Å². The van der Waals surface area contributed by atoms with Crippen LogP contribution in [0.4, 0.5) is 10.5 Å². The minimum atomic E-state index is -1.09. The van der Waals surface area contributed by atoms with Crippen molar-refractivity contribution in [3.63, 3.8) is 0 Å². The van der Waals surface area contributed by atoms with E-state index in [1.807, 2.05) is 0 Å². The smallest absolute Gasteiger partial charge is 0.411 e. The second-order valence-corrected chi connectivity index (χ2v) is 3.25. The third kappa shape index (κ3) is 3.13. The molecular weight excluding hydrogens is 234 g/mol. The van der Waals surface area contributed by atoms with Crippen LogP contribution in [0.15, 0.2) is 18.2 Å². The number of ether oxygens (including phenoxy) is 1. The number of hydrogen-bond acceptors (Lipinski definition) is 3. The maximum absolute atomic E-state index is 11.1. The quantitative estimate of drug-likeness (QED) is 0.856. The Morgan fingerprint density at radius 3 is 2.75 bits per heavy atom. The summed E-state index contributed by atoms with van der Waals surface area (Å²) >= 11 is 5.78. The fourth-order valence-corrected chi connectivity index (χ4v) is 1.20. The molecule has 0 aliphatic carbocycles. The number of nitrogens with one attached hydrogen (secondary N) is 1. The van der Waals surface area contributed by atoms with E-state index < -0.39 is 12.1 Å². The summed E-state index contributed by atoms with van der Waals surface area (Å²) in [4.78, 5) is 21.8. The standard InChI is InChI=1S/C10H10ClNO4/c1-2-16-10(15)12-8-5-6(9(13)14)3-4-7(8)11/h3-5H,2H2,1H3,(H,12,15)(H,13,14). The first-order valence-electron chi connectivity index (χ1n) is 4.51. The summed E-state index contributed by atoms with van der Waals surface area (Å²) in [5.41, 5.74) is 0.246. The Kier molecular flexibility index (Phi) is 4.13. The Balaban J connectivity index is 2.90. The van der Waals surface area contributed by atoms with E-state index in [1.54, 1.807) is 6.92 Å². The molecular formula is C10H10ClNO4. The van der Waals surface area contributed by atoms with Crippen LogP contribution in [0.2, 0.25) is 5.02 Å². The molecule has 0 heterocycles. The number of carboxylic acid groups (broad SMARTS) is 1. The van der Waals surface area contributed by atoms with Crippen molar-refractivity contribution >= 4 is 29.4 Å². The topological polar surface area (TPSA) is 75.6 Å². The van der Waals surface area contributed by atoms with E-state index in [9.17, 15) is 9.59 Å². The minimum absolute atomic E-state index is 0.0381. The van der Waals surface area contributed by atoms with Crippen LogP contribution < -0.4 is 5.32 Å². The van der Waals surface area contributed by atoms with Crippen LogP contribution in [-0.2, 0) is 4.74 Å². The molecule has 86 valence electrons. The van der Waals surface area contributed by atoms with Gasteiger partial charge in [-0.2, -0.15) is 0 Å². The van der Waals surface area contributed by atoms with E-state index >= 15 is 0 Å². The van der Waals surface area contributed by atoms with Crippen LogP contribution >= 0.6 is 11.6 Å². The van der Waals surface area contributed by atoms with Gasteiger partial charge < -0.3 is 9.84 Å². The van der Waals surface area contributed by atoms with E-state index in [4.69, 9.17) is 16.7 Å². The Morgan fingerprint density at radius 2 is 2.19 bits per heavy atom. The first kappa shape index (κ1) is 12.3. The molecule has 5 nitrogen and oxygen atoms in total. The number of hydrogen-bond donors (Lipinski definition) is 2. The molecule has 0 aliphatic rings. The van der Waals surface area contributed by atoms with Crippen LogP contribution in [0.3, 0.4) is 0 Å². The predicted molar refractivity (Wildman–Crippen MR) is 59.1 cm³/mol. The van der Waals surface area contributed by atoms with Crippen molar-refractivity contribution in [1.29, 1.82) is 0 Å². The molecule has 0 atom stereocenters. The van der Waals surface area contributed by atoms with Crippen LogP contribution in [0.1, 0.15) is 17.3 Å². The molecule has 0 unspecified atom stereocenters. The molecule has 0 radical (unpaired) electrons. The van der Waals surface area contributed by atoms with E-state index in [0.717, 1.165) is 0 Å². The molecule has 0 aliphatic heterocycles. The Morgan fingerprint density at radius 1 is 1.50 bits per heavy atom. The number of amides is 1. The zero-order valence-electron chi connectivity index (χ0n) is 8.49. The molecule has 0 saturated heterocycles. The van der Waals surface area contributed by atoms with Crippen molar-refractivity contribution in [2.75, 3.05) is 11.9 Å². The van der Waals surface area contributed by atoms with E-state index in [2.05, 4.69) is 10.1 Å². The van der Waals surface area contributed by atoms with Gasteiger partial charge in [-0.15, -0.1) is 0 Å². The van der Waals surface area contributed by atoms with Gasteiger partial charge in [-0.25, -0.2) is 9.59 Å². The molecule has 6 heteroatoms. The third-order valence-corrected chi connectivity index (χ3v) is 2.06. The minimum Gasteiger partial charge on any atom is -0.478 e. The lowest BCUT2D eigenvalue weighted by Gasteiger charge is -2.07. The summed E-state index contributed by atoms with van der Waals surface area (Å²) < 4.78 is 4.65. The fourth-order valence-electron chi connectivity index (χ4n) is 1.03. The van der Waals surface area contributed by atoms with Crippen LogP contribution in [0, 0.1) is 0 Å². The Bertz CT molecular complexity index is 419. The highest BCUT2D eigenvalue weighted by molar-refractivity contribution is 6.33. The molecule has 16 heavy (non-hydrogen) atoms. The number of aromatic carboxylic acids is 1. The third-order valence-electron chi connectivity index (χ3n) is 1.73. The van der Waals surface area contributed by atoms with Gasteiger partial charge >= 0.3 is 12.1 Å². The van der Waals surface area contributed by atoms with Gasteiger partial charge in [0.25, 0.3) is 0 Å². The number of rotatable bonds is 3. The molecule has 0 spiro atoms. The van der Waals surface area contributed by atoms with Crippen LogP contribution in [0.5, 0.6) is 0 Å².